The van der Waals surface area contributed by atoms with Gasteiger partial charge in [0.05, 0.1) is 23.5 Å². The Hall–Kier alpha value is -2.85. The Morgan fingerprint density at radius 2 is 1.79 bits per heavy atom. The van der Waals surface area contributed by atoms with E-state index in [1.165, 1.54) is 10.4 Å². The van der Waals surface area contributed by atoms with E-state index < -0.39 is 43.1 Å². The molecule has 0 bridgehead atoms. The zero-order valence-electron chi connectivity index (χ0n) is 21.3. The van der Waals surface area contributed by atoms with Crippen molar-refractivity contribution in [2.45, 2.75) is 30.9 Å². The Kier molecular flexibility index (Phi) is 7.44. The van der Waals surface area contributed by atoms with Crippen LogP contribution in [0.25, 0.3) is 0 Å². The largest absolute Gasteiger partial charge is 0.504 e. The number of hydrogen-bond acceptors (Lipinski definition) is 9. The quantitative estimate of drug-likeness (QED) is 0.502. The van der Waals surface area contributed by atoms with Gasteiger partial charge in [-0.2, -0.15) is 8.61 Å². The number of nitrogens with one attached hydrogen (secondary N) is 1. The number of piperazine rings is 1. The number of fused-ring (bicyclic) bond motifs is 1. The third-order valence-electron chi connectivity index (χ3n) is 6.58. The van der Waals surface area contributed by atoms with Crippen molar-refractivity contribution < 1.29 is 35.9 Å². The molecule has 0 aromatic heterocycles. The fourth-order valence-electron chi connectivity index (χ4n) is 4.48. The highest BCUT2D eigenvalue weighted by Crippen LogP contribution is 2.31. The van der Waals surface area contributed by atoms with Gasteiger partial charge in [0, 0.05) is 39.3 Å². The lowest BCUT2D eigenvalue weighted by atomic mass is 10.0. The number of aliphatic hydroxyl groups excluding tert-OH is 1. The van der Waals surface area contributed by atoms with Crippen LogP contribution < -0.4 is 5.32 Å². The zero-order chi connectivity index (χ0) is 28.0. The number of morpholine rings is 1. The predicted octanol–water partition coefficient (Wildman–Crippen LogP) is 0.514. The number of aliphatic imine (C=N–C) groups is 1. The molecule has 1 aromatic rings. The molecule has 0 radical (unpaired) electrons. The first-order valence-corrected chi connectivity index (χ1v) is 15.1. The van der Waals surface area contributed by atoms with E-state index in [1.807, 2.05) is 0 Å². The summed E-state index contributed by atoms with van der Waals surface area (Å²) in [6.07, 6.45) is 1.05. The molecule has 3 aliphatic rings. The van der Waals surface area contributed by atoms with Crippen LogP contribution in [0, 0.1) is 5.82 Å². The summed E-state index contributed by atoms with van der Waals surface area (Å²) >= 11 is 0. The maximum Gasteiger partial charge on any atom is 0.274 e. The second kappa shape index (κ2) is 10.0. The minimum atomic E-state index is -4.21. The van der Waals surface area contributed by atoms with Crippen molar-refractivity contribution >= 4 is 31.8 Å². The number of benzene rings is 1. The van der Waals surface area contributed by atoms with Gasteiger partial charge in [0.2, 0.25) is 20.0 Å². The van der Waals surface area contributed by atoms with Crippen LogP contribution in [0.4, 0.5) is 4.39 Å². The minimum Gasteiger partial charge on any atom is -0.504 e. The van der Waals surface area contributed by atoms with Gasteiger partial charge in [0.15, 0.2) is 11.5 Å². The van der Waals surface area contributed by atoms with E-state index in [9.17, 15) is 31.1 Å². The van der Waals surface area contributed by atoms with Gasteiger partial charge in [-0.05, 0) is 31.5 Å². The van der Waals surface area contributed by atoms with Crippen LogP contribution in [0.15, 0.2) is 51.8 Å². The highest BCUT2D eigenvalue weighted by Gasteiger charge is 2.41. The van der Waals surface area contributed by atoms with E-state index in [4.69, 9.17) is 4.74 Å². The molecular weight excluding hydrogens is 541 g/mol. The van der Waals surface area contributed by atoms with Crippen molar-refractivity contribution in [2.75, 3.05) is 45.6 Å². The summed E-state index contributed by atoms with van der Waals surface area (Å²) in [5.74, 6) is -1.59. The molecule has 3 aliphatic heterocycles. The maximum atomic E-state index is 14.1. The molecule has 208 valence electrons. The number of amides is 1. The molecule has 38 heavy (non-hydrogen) atoms. The van der Waals surface area contributed by atoms with Crippen LogP contribution in [-0.2, 0) is 36.1 Å². The van der Waals surface area contributed by atoms with E-state index in [2.05, 4.69) is 16.9 Å². The van der Waals surface area contributed by atoms with Crippen molar-refractivity contribution in [3.05, 3.63) is 53.3 Å². The van der Waals surface area contributed by atoms with Crippen LogP contribution in [0.2, 0.25) is 0 Å². The molecule has 1 aromatic carbocycles. The normalized spacial score (nSPS) is 21.2. The number of sulfonamides is 2. The summed E-state index contributed by atoms with van der Waals surface area (Å²) in [7, 11) is -7.69. The molecule has 0 atom stereocenters. The molecule has 15 heteroatoms. The minimum absolute atomic E-state index is 0.0335. The van der Waals surface area contributed by atoms with Gasteiger partial charge < -0.3 is 20.1 Å². The fourth-order valence-corrected chi connectivity index (χ4v) is 6.96. The van der Waals surface area contributed by atoms with Crippen LogP contribution in [0.3, 0.4) is 0 Å². The topological polar surface area (TPSA) is 149 Å². The smallest absolute Gasteiger partial charge is 0.274 e. The van der Waals surface area contributed by atoms with Crippen molar-refractivity contribution in [1.82, 2.24) is 18.8 Å². The molecule has 3 heterocycles. The lowest BCUT2D eigenvalue weighted by molar-refractivity contribution is -0.118. The van der Waals surface area contributed by atoms with E-state index >= 15 is 0 Å². The van der Waals surface area contributed by atoms with Crippen molar-refractivity contribution in [1.29, 1.82) is 0 Å². The molecule has 2 N–H and O–H groups in total. The van der Waals surface area contributed by atoms with E-state index in [1.54, 1.807) is 18.7 Å². The Balaban J connectivity index is 1.56. The second-order valence-electron chi connectivity index (χ2n) is 9.59. The lowest BCUT2D eigenvalue weighted by Gasteiger charge is -2.43. The van der Waals surface area contributed by atoms with Gasteiger partial charge in [-0.15, -0.1) is 0 Å². The molecule has 0 saturated carbocycles. The first kappa shape index (κ1) is 28.2. The van der Waals surface area contributed by atoms with Crippen LogP contribution >= 0.6 is 0 Å². The summed E-state index contributed by atoms with van der Waals surface area (Å²) in [6.45, 7) is 7.59. The average Bonchev–Trinajstić information content (AvgIpc) is 2.84. The monoisotopic (exact) mass is 571 g/mol. The number of carbonyl (C=O) groups is 1. The van der Waals surface area contributed by atoms with E-state index in [-0.39, 0.29) is 54.6 Å². The first-order chi connectivity index (χ1) is 17.6. The van der Waals surface area contributed by atoms with E-state index in [0.29, 0.717) is 19.0 Å². The van der Waals surface area contributed by atoms with Gasteiger partial charge in [-0.25, -0.2) is 26.2 Å². The second-order valence-corrected chi connectivity index (χ2v) is 13.5. The molecule has 2 fully saturated rings. The van der Waals surface area contributed by atoms with E-state index in [0.717, 1.165) is 22.7 Å². The van der Waals surface area contributed by atoms with Gasteiger partial charge in [0.25, 0.3) is 5.91 Å². The number of ether oxygens (including phenoxy) is 1. The molecule has 2 saturated heterocycles. The van der Waals surface area contributed by atoms with Crippen LogP contribution in [-0.4, -0.2) is 98.4 Å². The average molecular weight is 572 g/mol. The SMILES string of the molecule is C=C1C(O)=C(C(=O)NCc2ccc(F)cc2S(=O)(=O)N2CCN(S(C)(=O)=O)CC2)N=C2N1CCOC2(C)C. The van der Waals surface area contributed by atoms with Gasteiger partial charge in [-0.1, -0.05) is 12.6 Å². The maximum absolute atomic E-state index is 14.1. The summed E-state index contributed by atoms with van der Waals surface area (Å²) < 4.78 is 72.4. The summed E-state index contributed by atoms with van der Waals surface area (Å²) in [5, 5.41) is 13.2. The molecular formula is C23H30FN5O7S2. The summed E-state index contributed by atoms with van der Waals surface area (Å²) in [6, 6.07) is 3.18. The zero-order valence-corrected chi connectivity index (χ0v) is 22.9. The molecule has 0 spiro atoms. The lowest BCUT2D eigenvalue weighted by Crippen LogP contribution is -2.54. The number of amidine groups is 1. The number of aliphatic hydroxyl groups is 1. The Bertz CT molecular complexity index is 1450. The third-order valence-corrected chi connectivity index (χ3v) is 9.87. The number of rotatable bonds is 6. The third kappa shape index (κ3) is 5.33. The molecule has 4 rings (SSSR count). The molecule has 1 amide bonds. The number of carbonyl (C=O) groups excluding carboxylic acids is 1. The highest BCUT2D eigenvalue weighted by atomic mass is 32.2. The molecule has 0 unspecified atom stereocenters. The van der Waals surface area contributed by atoms with Crippen molar-refractivity contribution in [3.8, 4) is 0 Å². The number of hydrogen-bond donors (Lipinski definition) is 2. The predicted molar refractivity (Wildman–Crippen MR) is 136 cm³/mol. The Morgan fingerprint density at radius 1 is 1.16 bits per heavy atom. The molecule has 0 aliphatic carbocycles. The van der Waals surface area contributed by atoms with Gasteiger partial charge in [0.1, 0.15) is 17.3 Å². The highest BCUT2D eigenvalue weighted by molar-refractivity contribution is 7.89. The Labute approximate surface area is 221 Å². The number of nitrogens with zero attached hydrogens (tertiary/aromatic N) is 4. The van der Waals surface area contributed by atoms with Crippen LogP contribution in [0.5, 0.6) is 0 Å². The van der Waals surface area contributed by atoms with Crippen LogP contribution in [0.1, 0.15) is 19.4 Å². The van der Waals surface area contributed by atoms with Gasteiger partial charge in [-0.3, -0.25) is 4.79 Å². The summed E-state index contributed by atoms with van der Waals surface area (Å²) in [4.78, 5) is 18.7. The standard InChI is InChI=1S/C23H30FN5O7S2/c1-15-20(30)19(26-22-23(2,3)36-12-11-29(15)22)21(31)25-14-16-5-6-17(24)13-18(16)38(34,35)28-9-7-27(8-10-28)37(4,32)33/h5-6,13,30H,1,7-12,14H2,2-4H3,(H,25,31). The fraction of sp³-hybridized carbons (Fsp3) is 0.478. The summed E-state index contributed by atoms with van der Waals surface area (Å²) in [5.41, 5.74) is -0.846. The van der Waals surface area contributed by atoms with Gasteiger partial charge >= 0.3 is 0 Å². The number of halogens is 1. The molecule has 12 nitrogen and oxygen atoms in total. The first-order valence-electron chi connectivity index (χ1n) is 11.8. The van der Waals surface area contributed by atoms with Crippen molar-refractivity contribution in [3.63, 3.8) is 0 Å². The Morgan fingerprint density at radius 3 is 2.42 bits per heavy atom. The van der Waals surface area contributed by atoms with Crippen molar-refractivity contribution in [2.24, 2.45) is 4.99 Å².